The first-order chi connectivity index (χ1) is 11.1. The van der Waals surface area contributed by atoms with Crippen LogP contribution in [-0.2, 0) is 0 Å². The Morgan fingerprint density at radius 2 is 1.87 bits per heavy atom. The van der Waals surface area contributed by atoms with Crippen LogP contribution in [0.1, 0.15) is 16.1 Å². The van der Waals surface area contributed by atoms with Crippen LogP contribution in [0.15, 0.2) is 51.7 Å². The normalized spacial score (nSPS) is 10.3. The molecule has 3 rings (SSSR count). The van der Waals surface area contributed by atoms with E-state index in [-0.39, 0.29) is 5.91 Å². The fourth-order valence-electron chi connectivity index (χ4n) is 1.79. The number of amides is 1. The van der Waals surface area contributed by atoms with Gasteiger partial charge in [-0.15, -0.1) is 0 Å². The third kappa shape index (κ3) is 3.92. The molecule has 0 aliphatic carbocycles. The van der Waals surface area contributed by atoms with Crippen molar-refractivity contribution in [2.45, 2.75) is 6.92 Å². The Balaban J connectivity index is 1.66. The molecular weight excluding hydrogens is 362 g/mol. The number of hydrogen-bond donors (Lipinski definition) is 2. The van der Waals surface area contributed by atoms with E-state index in [2.05, 4.69) is 41.7 Å². The van der Waals surface area contributed by atoms with E-state index in [4.69, 9.17) is 4.52 Å². The van der Waals surface area contributed by atoms with Crippen LogP contribution in [0.5, 0.6) is 0 Å². The van der Waals surface area contributed by atoms with E-state index >= 15 is 0 Å². The van der Waals surface area contributed by atoms with Crippen LogP contribution < -0.4 is 10.6 Å². The van der Waals surface area contributed by atoms with Crippen molar-refractivity contribution in [1.82, 2.24) is 15.1 Å². The number of rotatable bonds is 4. The number of benzene rings is 1. The van der Waals surface area contributed by atoms with E-state index < -0.39 is 0 Å². The van der Waals surface area contributed by atoms with E-state index in [1.54, 1.807) is 13.0 Å². The second-order valence-electron chi connectivity index (χ2n) is 4.70. The molecule has 0 aliphatic heterocycles. The van der Waals surface area contributed by atoms with Crippen molar-refractivity contribution < 1.29 is 9.32 Å². The molecular formula is C15H12BrN5O2. The minimum atomic E-state index is -0.353. The number of aryl methyl sites for hydroxylation is 1. The molecule has 3 aromatic rings. The Morgan fingerprint density at radius 3 is 2.48 bits per heavy atom. The number of anilines is 3. The first-order valence-corrected chi connectivity index (χ1v) is 7.49. The Labute approximate surface area is 140 Å². The van der Waals surface area contributed by atoms with Crippen LogP contribution in [0, 0.1) is 6.92 Å². The molecule has 0 aliphatic rings. The maximum atomic E-state index is 12.0. The predicted octanol–water partition coefficient (Wildman–Crippen LogP) is 3.53. The molecule has 2 N–H and O–H groups in total. The molecule has 2 heterocycles. The van der Waals surface area contributed by atoms with Crippen LogP contribution in [0.25, 0.3) is 0 Å². The predicted molar refractivity (Wildman–Crippen MR) is 88.6 cm³/mol. The summed E-state index contributed by atoms with van der Waals surface area (Å²) >= 11 is 3.37. The Kier molecular flexibility index (Phi) is 4.33. The summed E-state index contributed by atoms with van der Waals surface area (Å²) in [6, 6.07) is 9.22. The molecule has 0 unspecified atom stereocenters. The quantitative estimate of drug-likeness (QED) is 0.726. The van der Waals surface area contributed by atoms with Crippen molar-refractivity contribution in [3.8, 4) is 0 Å². The van der Waals surface area contributed by atoms with Crippen molar-refractivity contribution >= 4 is 39.3 Å². The molecule has 0 atom stereocenters. The van der Waals surface area contributed by atoms with Crippen molar-refractivity contribution in [2.75, 3.05) is 10.6 Å². The van der Waals surface area contributed by atoms with Gasteiger partial charge in [-0.2, -0.15) is 0 Å². The van der Waals surface area contributed by atoms with E-state index in [0.29, 0.717) is 23.1 Å². The lowest BCUT2D eigenvalue weighted by Gasteiger charge is -2.05. The first kappa shape index (κ1) is 15.2. The number of hydrogen-bond acceptors (Lipinski definition) is 6. The van der Waals surface area contributed by atoms with Crippen LogP contribution in [0.4, 0.5) is 17.5 Å². The molecule has 0 saturated carbocycles. The summed E-state index contributed by atoms with van der Waals surface area (Å²) in [6.07, 6.45) is 2.88. The average Bonchev–Trinajstić information content (AvgIpc) is 2.95. The van der Waals surface area contributed by atoms with Crippen molar-refractivity contribution in [1.29, 1.82) is 0 Å². The highest BCUT2D eigenvalue weighted by atomic mass is 79.9. The van der Waals surface area contributed by atoms with Gasteiger partial charge in [0.2, 0.25) is 5.95 Å². The summed E-state index contributed by atoms with van der Waals surface area (Å²) in [7, 11) is 0. The van der Waals surface area contributed by atoms with Crippen molar-refractivity contribution in [3.63, 3.8) is 0 Å². The van der Waals surface area contributed by atoms with Gasteiger partial charge < -0.3 is 15.2 Å². The van der Waals surface area contributed by atoms with Gasteiger partial charge in [0.25, 0.3) is 5.91 Å². The van der Waals surface area contributed by atoms with E-state index in [0.717, 1.165) is 10.2 Å². The summed E-state index contributed by atoms with van der Waals surface area (Å²) in [5.74, 6) is 1.02. The second kappa shape index (κ2) is 6.57. The van der Waals surface area contributed by atoms with Crippen molar-refractivity contribution in [2.24, 2.45) is 0 Å². The standard InChI is InChI=1S/C15H12BrN5O2/c1-9-6-13(21-23-9)20-14(22)10-7-17-15(18-8-10)19-12-4-2-11(16)3-5-12/h2-8H,1H3,(H,17,18,19)(H,20,21,22). The number of carbonyl (C=O) groups excluding carboxylic acids is 1. The molecule has 2 aromatic heterocycles. The van der Waals surface area contributed by atoms with Gasteiger partial charge in [0.1, 0.15) is 5.76 Å². The zero-order valence-electron chi connectivity index (χ0n) is 12.1. The maximum Gasteiger partial charge on any atom is 0.260 e. The third-order valence-corrected chi connectivity index (χ3v) is 3.41. The smallest absolute Gasteiger partial charge is 0.260 e. The topological polar surface area (TPSA) is 92.9 Å². The molecule has 0 saturated heterocycles. The number of nitrogens with one attached hydrogen (secondary N) is 2. The Bertz CT molecular complexity index is 815. The summed E-state index contributed by atoms with van der Waals surface area (Å²) in [4.78, 5) is 20.3. The van der Waals surface area contributed by atoms with Crippen molar-refractivity contribution in [3.05, 3.63) is 58.5 Å². The van der Waals surface area contributed by atoms with Gasteiger partial charge in [-0.05, 0) is 31.2 Å². The minimum Gasteiger partial charge on any atom is -0.360 e. The molecule has 1 aromatic carbocycles. The highest BCUT2D eigenvalue weighted by Crippen LogP contribution is 2.17. The molecule has 7 nitrogen and oxygen atoms in total. The van der Waals surface area contributed by atoms with Gasteiger partial charge in [0, 0.05) is 28.6 Å². The summed E-state index contributed by atoms with van der Waals surface area (Å²) < 4.78 is 5.87. The largest absolute Gasteiger partial charge is 0.360 e. The lowest BCUT2D eigenvalue weighted by Crippen LogP contribution is -2.13. The zero-order chi connectivity index (χ0) is 16.2. The van der Waals surface area contributed by atoms with Gasteiger partial charge >= 0.3 is 0 Å². The van der Waals surface area contributed by atoms with Crippen LogP contribution in [0.2, 0.25) is 0 Å². The minimum absolute atomic E-state index is 0.326. The second-order valence-corrected chi connectivity index (χ2v) is 5.62. The highest BCUT2D eigenvalue weighted by Gasteiger charge is 2.10. The molecule has 8 heteroatoms. The van der Waals surface area contributed by atoms with E-state index in [1.165, 1.54) is 12.4 Å². The number of nitrogens with zero attached hydrogens (tertiary/aromatic N) is 3. The van der Waals surface area contributed by atoms with Crippen LogP contribution in [0.3, 0.4) is 0 Å². The summed E-state index contributed by atoms with van der Waals surface area (Å²) in [6.45, 7) is 1.74. The monoisotopic (exact) mass is 373 g/mol. The van der Waals surface area contributed by atoms with Gasteiger partial charge in [-0.1, -0.05) is 21.1 Å². The Morgan fingerprint density at radius 1 is 1.17 bits per heavy atom. The molecule has 116 valence electrons. The molecule has 0 radical (unpaired) electrons. The van der Waals surface area contributed by atoms with Gasteiger partial charge in [0.05, 0.1) is 5.56 Å². The molecule has 0 fully saturated rings. The number of aromatic nitrogens is 3. The Hall–Kier alpha value is -2.74. The lowest BCUT2D eigenvalue weighted by molar-refractivity contribution is 0.102. The SMILES string of the molecule is Cc1cc(NC(=O)c2cnc(Nc3ccc(Br)cc3)nc2)no1. The molecule has 1 amide bonds. The average molecular weight is 374 g/mol. The van der Waals surface area contributed by atoms with E-state index in [9.17, 15) is 4.79 Å². The third-order valence-electron chi connectivity index (χ3n) is 2.88. The van der Waals surface area contributed by atoms with Gasteiger partial charge in [-0.3, -0.25) is 4.79 Å². The van der Waals surface area contributed by atoms with Crippen LogP contribution in [-0.4, -0.2) is 21.0 Å². The fraction of sp³-hybridized carbons (Fsp3) is 0.0667. The van der Waals surface area contributed by atoms with Gasteiger partial charge in [0.15, 0.2) is 5.82 Å². The fourth-order valence-corrected chi connectivity index (χ4v) is 2.05. The number of carbonyl (C=O) groups is 1. The highest BCUT2D eigenvalue weighted by molar-refractivity contribution is 9.10. The summed E-state index contributed by atoms with van der Waals surface area (Å²) in [5, 5.41) is 9.35. The molecule has 23 heavy (non-hydrogen) atoms. The summed E-state index contributed by atoms with van der Waals surface area (Å²) in [5.41, 5.74) is 1.18. The van der Waals surface area contributed by atoms with E-state index in [1.807, 2.05) is 24.3 Å². The zero-order valence-corrected chi connectivity index (χ0v) is 13.7. The number of halogens is 1. The lowest BCUT2D eigenvalue weighted by atomic mass is 10.3. The van der Waals surface area contributed by atoms with Crippen LogP contribution >= 0.6 is 15.9 Å². The van der Waals surface area contributed by atoms with Gasteiger partial charge in [-0.25, -0.2) is 9.97 Å². The maximum absolute atomic E-state index is 12.0. The first-order valence-electron chi connectivity index (χ1n) is 6.69. The molecule has 0 spiro atoms. The molecule has 0 bridgehead atoms.